The summed E-state index contributed by atoms with van der Waals surface area (Å²) < 4.78 is 32.0. The Morgan fingerprint density at radius 2 is 1.77 bits per heavy atom. The Kier molecular flexibility index (Phi) is 7.72. The van der Waals surface area contributed by atoms with Gasteiger partial charge in [0, 0.05) is 15.6 Å². The average Bonchev–Trinajstić information content (AvgIpc) is 2.77. The van der Waals surface area contributed by atoms with E-state index in [4.69, 9.17) is 14.2 Å². The van der Waals surface area contributed by atoms with E-state index in [0.29, 0.717) is 44.0 Å². The average molecular weight is 547 g/mol. The van der Waals surface area contributed by atoms with E-state index in [0.717, 1.165) is 4.47 Å². The Morgan fingerprint density at radius 3 is 2.45 bits per heavy atom. The van der Waals surface area contributed by atoms with Gasteiger partial charge in [-0.1, -0.05) is 34.1 Å². The lowest BCUT2D eigenvalue weighted by Crippen LogP contribution is -2.00. The number of hydrogen-bond donors (Lipinski definition) is 0. The Bertz CT molecular complexity index is 1170. The summed E-state index contributed by atoms with van der Waals surface area (Å²) in [6, 6.07) is 17.6. The van der Waals surface area contributed by atoms with Crippen LogP contribution in [0, 0.1) is 17.1 Å². The molecular weight excluding hydrogens is 529 g/mol. The minimum absolute atomic E-state index is 0.0476. The van der Waals surface area contributed by atoms with Crippen LogP contribution >= 0.6 is 31.9 Å². The molecule has 0 aromatic heterocycles. The predicted octanol–water partition coefficient (Wildman–Crippen LogP) is 7.01. The molecule has 0 aliphatic rings. The molecule has 0 heterocycles. The monoisotopic (exact) mass is 545 g/mol. The summed E-state index contributed by atoms with van der Waals surface area (Å²) in [4.78, 5) is 0. The van der Waals surface area contributed by atoms with Crippen molar-refractivity contribution in [3.63, 3.8) is 0 Å². The Morgan fingerprint density at radius 1 is 1.03 bits per heavy atom. The second-order valence-electron chi connectivity index (χ2n) is 6.43. The van der Waals surface area contributed by atoms with Gasteiger partial charge in [-0.25, -0.2) is 4.39 Å². The summed E-state index contributed by atoms with van der Waals surface area (Å²) >= 11 is 6.97. The van der Waals surface area contributed by atoms with Gasteiger partial charge >= 0.3 is 0 Å². The van der Waals surface area contributed by atoms with Gasteiger partial charge < -0.3 is 14.2 Å². The number of halogens is 3. The molecule has 158 valence electrons. The fraction of sp³-hybridized carbons (Fsp3) is 0.125. The van der Waals surface area contributed by atoms with Gasteiger partial charge in [0.05, 0.1) is 30.3 Å². The summed E-state index contributed by atoms with van der Waals surface area (Å²) in [5.74, 6) is 1.26. The normalized spacial score (nSPS) is 11.0. The van der Waals surface area contributed by atoms with Gasteiger partial charge in [-0.3, -0.25) is 0 Å². The van der Waals surface area contributed by atoms with E-state index in [2.05, 4.69) is 37.9 Å². The molecule has 0 N–H and O–H groups in total. The summed E-state index contributed by atoms with van der Waals surface area (Å²) in [6.45, 7) is 0.0476. The number of methoxy groups -OCH3 is 2. The van der Waals surface area contributed by atoms with Crippen molar-refractivity contribution in [3.8, 4) is 23.3 Å². The maximum absolute atomic E-state index is 14.0. The Labute approximate surface area is 197 Å². The topological polar surface area (TPSA) is 51.5 Å². The number of rotatable bonds is 7. The summed E-state index contributed by atoms with van der Waals surface area (Å²) in [5.41, 5.74) is 2.16. The predicted molar refractivity (Wildman–Crippen MR) is 126 cm³/mol. The van der Waals surface area contributed by atoms with Crippen LogP contribution in [0.3, 0.4) is 0 Å². The van der Waals surface area contributed by atoms with Crippen LogP contribution in [0.25, 0.3) is 11.6 Å². The molecule has 3 aromatic rings. The van der Waals surface area contributed by atoms with Crippen molar-refractivity contribution in [2.45, 2.75) is 6.61 Å². The van der Waals surface area contributed by atoms with Crippen molar-refractivity contribution >= 4 is 43.5 Å². The van der Waals surface area contributed by atoms with Crippen molar-refractivity contribution in [3.05, 3.63) is 86.1 Å². The van der Waals surface area contributed by atoms with Gasteiger partial charge in [0.1, 0.15) is 18.2 Å². The maximum Gasteiger partial charge on any atom is 0.161 e. The van der Waals surface area contributed by atoms with Crippen LogP contribution < -0.4 is 14.2 Å². The maximum atomic E-state index is 14.0. The van der Waals surface area contributed by atoms with E-state index in [1.54, 1.807) is 49.6 Å². The second kappa shape index (κ2) is 10.5. The Balaban J connectivity index is 2.02. The van der Waals surface area contributed by atoms with Gasteiger partial charge in [-0.05, 0) is 64.0 Å². The lowest BCUT2D eigenvalue weighted by Gasteiger charge is -2.14. The molecule has 31 heavy (non-hydrogen) atoms. The van der Waals surface area contributed by atoms with Gasteiger partial charge in [0.15, 0.2) is 11.5 Å². The number of hydrogen-bond acceptors (Lipinski definition) is 4. The number of nitrogens with zero attached hydrogens (tertiary/aromatic N) is 1. The number of nitriles is 1. The molecule has 7 heteroatoms. The van der Waals surface area contributed by atoms with Crippen LogP contribution in [0.15, 0.2) is 63.5 Å². The lowest BCUT2D eigenvalue weighted by molar-refractivity contribution is 0.297. The van der Waals surface area contributed by atoms with E-state index in [1.165, 1.54) is 13.2 Å². The fourth-order valence-electron chi connectivity index (χ4n) is 2.94. The molecule has 0 atom stereocenters. The smallest absolute Gasteiger partial charge is 0.161 e. The van der Waals surface area contributed by atoms with E-state index < -0.39 is 0 Å². The van der Waals surface area contributed by atoms with Gasteiger partial charge in [0.25, 0.3) is 0 Å². The number of allylic oxidation sites excluding steroid dienone is 1. The standard InChI is InChI=1S/C24H18Br2FNO3/c1-29-22-8-7-15(11-23(22)30-2)18(13-28)9-17-10-19(25)12-20(26)24(17)31-14-16-5-3-4-6-21(16)27/h3-12H,14H2,1-2H3/b18-9+. The molecule has 0 fully saturated rings. The van der Waals surface area contributed by atoms with Gasteiger partial charge in [-0.2, -0.15) is 5.26 Å². The van der Waals surface area contributed by atoms with E-state index in [-0.39, 0.29) is 12.4 Å². The van der Waals surface area contributed by atoms with Crippen molar-refractivity contribution < 1.29 is 18.6 Å². The fourth-order valence-corrected chi connectivity index (χ4v) is 4.32. The van der Waals surface area contributed by atoms with Crippen molar-refractivity contribution in [1.29, 1.82) is 5.26 Å². The first kappa shape index (κ1) is 22.9. The van der Waals surface area contributed by atoms with Crippen molar-refractivity contribution in [1.82, 2.24) is 0 Å². The molecule has 0 amide bonds. The highest BCUT2D eigenvalue weighted by molar-refractivity contribution is 9.11. The zero-order chi connectivity index (χ0) is 22.4. The van der Waals surface area contributed by atoms with Crippen LogP contribution in [0.1, 0.15) is 16.7 Å². The first-order valence-electron chi connectivity index (χ1n) is 9.16. The summed E-state index contributed by atoms with van der Waals surface area (Å²) in [5, 5.41) is 9.80. The lowest BCUT2D eigenvalue weighted by atomic mass is 10.0. The van der Waals surface area contributed by atoms with Crippen LogP contribution in [0.5, 0.6) is 17.2 Å². The highest BCUT2D eigenvalue weighted by Crippen LogP contribution is 2.37. The zero-order valence-corrected chi connectivity index (χ0v) is 20.0. The van der Waals surface area contributed by atoms with Crippen molar-refractivity contribution in [2.24, 2.45) is 0 Å². The molecular formula is C24H18Br2FNO3. The third-order valence-corrected chi connectivity index (χ3v) is 5.53. The summed E-state index contributed by atoms with van der Waals surface area (Å²) in [6.07, 6.45) is 1.72. The minimum atomic E-state index is -0.337. The first-order chi connectivity index (χ1) is 15.0. The molecule has 4 nitrogen and oxygen atoms in total. The van der Waals surface area contributed by atoms with Crippen LogP contribution in [-0.4, -0.2) is 14.2 Å². The number of benzene rings is 3. The van der Waals surface area contributed by atoms with Gasteiger partial charge in [0.2, 0.25) is 0 Å². The van der Waals surface area contributed by atoms with Crippen LogP contribution in [0.2, 0.25) is 0 Å². The Hall–Kier alpha value is -2.82. The zero-order valence-electron chi connectivity index (χ0n) is 16.8. The van der Waals surface area contributed by atoms with Crippen molar-refractivity contribution in [2.75, 3.05) is 14.2 Å². The molecule has 0 unspecified atom stereocenters. The molecule has 3 rings (SSSR count). The molecule has 0 saturated carbocycles. The van der Waals surface area contributed by atoms with E-state index in [9.17, 15) is 9.65 Å². The molecule has 0 bridgehead atoms. The van der Waals surface area contributed by atoms with E-state index in [1.807, 2.05) is 12.1 Å². The van der Waals surface area contributed by atoms with E-state index >= 15 is 0 Å². The SMILES string of the molecule is COc1ccc(/C(C#N)=C/c2cc(Br)cc(Br)c2OCc2ccccc2F)cc1OC. The third-order valence-electron chi connectivity index (χ3n) is 4.48. The quantitative estimate of drug-likeness (QED) is 0.236. The molecule has 0 saturated heterocycles. The highest BCUT2D eigenvalue weighted by atomic mass is 79.9. The summed E-state index contributed by atoms with van der Waals surface area (Å²) in [7, 11) is 3.09. The number of ether oxygens (including phenoxy) is 3. The second-order valence-corrected chi connectivity index (χ2v) is 8.20. The minimum Gasteiger partial charge on any atom is -0.493 e. The molecule has 0 aliphatic heterocycles. The van der Waals surface area contributed by atoms with Gasteiger partial charge in [-0.15, -0.1) is 0 Å². The molecule has 0 spiro atoms. The molecule has 0 aliphatic carbocycles. The highest BCUT2D eigenvalue weighted by Gasteiger charge is 2.14. The molecule has 3 aromatic carbocycles. The third kappa shape index (κ3) is 5.46. The largest absolute Gasteiger partial charge is 0.493 e. The van der Waals surface area contributed by atoms with Crippen LogP contribution in [-0.2, 0) is 6.61 Å². The molecule has 0 radical (unpaired) electrons. The van der Waals surface area contributed by atoms with Crippen LogP contribution in [0.4, 0.5) is 4.39 Å². The first-order valence-corrected chi connectivity index (χ1v) is 10.7.